The third-order valence-electron chi connectivity index (χ3n) is 7.29. The molecule has 3 saturated carbocycles. The van der Waals surface area contributed by atoms with Crippen molar-refractivity contribution in [3.05, 3.63) is 5.82 Å². The monoisotopic (exact) mass is 387 g/mol. The van der Waals surface area contributed by atoms with Crippen molar-refractivity contribution in [3.63, 3.8) is 0 Å². The Bertz CT molecular complexity index is 726. The smallest absolute Gasteiger partial charge is 0.223 e. The Kier molecular flexibility index (Phi) is 4.81. The summed E-state index contributed by atoms with van der Waals surface area (Å²) >= 11 is 0. The molecule has 1 saturated heterocycles. The van der Waals surface area contributed by atoms with E-state index in [0.717, 1.165) is 63.1 Å². The van der Waals surface area contributed by atoms with Crippen LogP contribution in [0.15, 0.2) is 0 Å². The lowest BCUT2D eigenvalue weighted by molar-refractivity contribution is -0.130. The van der Waals surface area contributed by atoms with Gasteiger partial charge in [0.2, 0.25) is 11.9 Å². The molecule has 1 amide bonds. The van der Waals surface area contributed by atoms with Gasteiger partial charge < -0.3 is 15.0 Å². The maximum atomic E-state index is 12.6. The topological polar surface area (TPSA) is 72.3 Å². The Morgan fingerprint density at radius 3 is 2.54 bits per heavy atom. The van der Waals surface area contributed by atoms with E-state index in [4.69, 9.17) is 4.74 Å². The van der Waals surface area contributed by atoms with Gasteiger partial charge in [-0.15, -0.1) is 0 Å². The Hall–Kier alpha value is -1.63. The highest BCUT2D eigenvalue weighted by Gasteiger charge is 2.45. The highest BCUT2D eigenvalue weighted by atomic mass is 16.5. The van der Waals surface area contributed by atoms with Crippen molar-refractivity contribution < 1.29 is 9.53 Å². The van der Waals surface area contributed by atoms with Gasteiger partial charge in [-0.2, -0.15) is 10.1 Å². The molecule has 2 heterocycles. The van der Waals surface area contributed by atoms with Crippen molar-refractivity contribution in [2.45, 2.75) is 64.0 Å². The van der Waals surface area contributed by atoms with Crippen LogP contribution in [-0.4, -0.2) is 52.5 Å². The summed E-state index contributed by atoms with van der Waals surface area (Å²) in [6, 6.07) is 0.161. The molecule has 0 bridgehead atoms. The number of ether oxygens (including phenoxy) is 1. The first-order valence-electron chi connectivity index (χ1n) is 11.1. The fraction of sp³-hybridized carbons (Fsp3) is 0.857. The third-order valence-corrected chi connectivity index (χ3v) is 7.29. The molecular formula is C21H33N5O2. The fourth-order valence-electron chi connectivity index (χ4n) is 5.20. The molecule has 5 rings (SSSR count). The number of nitrogens with zero attached hydrogens (tertiary/aromatic N) is 4. The highest BCUT2D eigenvalue weighted by molar-refractivity contribution is 5.79. The molecule has 28 heavy (non-hydrogen) atoms. The van der Waals surface area contributed by atoms with Crippen LogP contribution in [0.3, 0.4) is 0 Å². The molecule has 0 radical (unpaired) electrons. The van der Waals surface area contributed by atoms with E-state index in [0.29, 0.717) is 11.8 Å². The third kappa shape index (κ3) is 3.65. The first kappa shape index (κ1) is 18.4. The van der Waals surface area contributed by atoms with Crippen LogP contribution in [0.1, 0.15) is 50.8 Å². The number of carbonyl (C=O) groups is 1. The van der Waals surface area contributed by atoms with Crippen molar-refractivity contribution in [2.75, 3.05) is 24.6 Å². The number of anilines is 1. The molecule has 7 heteroatoms. The molecule has 0 aromatic carbocycles. The van der Waals surface area contributed by atoms with Crippen LogP contribution in [0.2, 0.25) is 0 Å². The molecule has 0 spiro atoms. The SMILES string of the molecule is Cc1nc(N2C[C@H]3C[C@H](OCC4CC4)[C@@H](NC(=O)C4CCC4)C[C@H]3C2)n(C)n1. The number of amides is 1. The van der Waals surface area contributed by atoms with E-state index >= 15 is 0 Å². The van der Waals surface area contributed by atoms with Gasteiger partial charge in [-0.25, -0.2) is 4.68 Å². The first-order valence-corrected chi connectivity index (χ1v) is 11.1. The van der Waals surface area contributed by atoms with E-state index in [9.17, 15) is 4.79 Å². The van der Waals surface area contributed by atoms with Gasteiger partial charge in [-0.3, -0.25) is 4.79 Å². The molecular weight excluding hydrogens is 354 g/mol. The molecule has 1 N–H and O–H groups in total. The number of nitrogens with one attached hydrogen (secondary N) is 1. The van der Waals surface area contributed by atoms with Crippen LogP contribution in [0, 0.1) is 30.6 Å². The standard InChI is InChI=1S/C21H33N5O2/c1-13-22-21(25(2)24-13)26-10-16-8-18(23-20(27)15-4-3-5-15)19(9-17(16)11-26)28-12-14-6-7-14/h14-19H,3-12H2,1-2H3,(H,23,27)/t16-,17+,18-,19-/m0/s1. The number of aryl methyl sites for hydroxylation is 2. The van der Waals surface area contributed by atoms with Crippen LogP contribution in [0.4, 0.5) is 5.95 Å². The molecule has 1 aliphatic heterocycles. The summed E-state index contributed by atoms with van der Waals surface area (Å²) in [4.78, 5) is 19.6. The highest BCUT2D eigenvalue weighted by Crippen LogP contribution is 2.40. The van der Waals surface area contributed by atoms with Crippen LogP contribution in [0.5, 0.6) is 0 Å². The predicted molar refractivity (Wildman–Crippen MR) is 106 cm³/mol. The second kappa shape index (κ2) is 7.32. The van der Waals surface area contributed by atoms with E-state index in [1.807, 2.05) is 18.7 Å². The summed E-state index contributed by atoms with van der Waals surface area (Å²) < 4.78 is 8.25. The minimum Gasteiger partial charge on any atom is -0.376 e. The van der Waals surface area contributed by atoms with Gasteiger partial charge in [0.1, 0.15) is 5.82 Å². The molecule has 3 aliphatic carbocycles. The Labute approximate surface area is 167 Å². The molecule has 1 aromatic heterocycles. The van der Waals surface area contributed by atoms with Gasteiger partial charge >= 0.3 is 0 Å². The van der Waals surface area contributed by atoms with Gasteiger partial charge in [0.15, 0.2) is 0 Å². The van der Waals surface area contributed by atoms with Crippen molar-refractivity contribution >= 4 is 11.9 Å². The summed E-state index contributed by atoms with van der Waals surface area (Å²) in [6.07, 6.45) is 8.13. The number of hydrogen-bond donors (Lipinski definition) is 1. The summed E-state index contributed by atoms with van der Waals surface area (Å²) in [5, 5.41) is 7.80. The molecule has 1 aromatic rings. The van der Waals surface area contributed by atoms with E-state index in [1.165, 1.54) is 19.3 Å². The first-order chi connectivity index (χ1) is 13.6. The van der Waals surface area contributed by atoms with Crippen LogP contribution < -0.4 is 10.2 Å². The molecule has 7 nitrogen and oxygen atoms in total. The Balaban J connectivity index is 1.27. The maximum absolute atomic E-state index is 12.6. The van der Waals surface area contributed by atoms with Crippen LogP contribution in [-0.2, 0) is 16.6 Å². The lowest BCUT2D eigenvalue weighted by Crippen LogP contribution is -2.52. The van der Waals surface area contributed by atoms with E-state index in [1.54, 1.807) is 0 Å². The minimum atomic E-state index is 0.159. The Morgan fingerprint density at radius 2 is 1.93 bits per heavy atom. The lowest BCUT2D eigenvalue weighted by atomic mass is 9.76. The van der Waals surface area contributed by atoms with Gasteiger partial charge in [0, 0.05) is 32.7 Å². The maximum Gasteiger partial charge on any atom is 0.223 e. The number of carbonyl (C=O) groups excluding carboxylic acids is 1. The average Bonchev–Trinajstić information content (AvgIpc) is 3.24. The molecule has 0 unspecified atom stereocenters. The van der Waals surface area contributed by atoms with Crippen molar-refractivity contribution in [2.24, 2.45) is 30.7 Å². The van der Waals surface area contributed by atoms with Crippen molar-refractivity contribution in [3.8, 4) is 0 Å². The van der Waals surface area contributed by atoms with E-state index in [2.05, 4.69) is 20.3 Å². The molecule has 4 aliphatic rings. The van der Waals surface area contributed by atoms with Crippen LogP contribution in [0.25, 0.3) is 0 Å². The van der Waals surface area contributed by atoms with Crippen LogP contribution >= 0.6 is 0 Å². The Morgan fingerprint density at radius 1 is 1.18 bits per heavy atom. The molecule has 4 atom stereocenters. The second-order valence-electron chi connectivity index (χ2n) is 9.54. The number of aromatic nitrogens is 3. The fourth-order valence-corrected chi connectivity index (χ4v) is 5.20. The lowest BCUT2D eigenvalue weighted by Gasteiger charge is -2.39. The number of rotatable bonds is 6. The van der Waals surface area contributed by atoms with Gasteiger partial charge in [0.25, 0.3) is 0 Å². The van der Waals surface area contributed by atoms with Gasteiger partial charge in [-0.05, 0) is 63.2 Å². The summed E-state index contributed by atoms with van der Waals surface area (Å²) in [7, 11) is 1.97. The minimum absolute atomic E-state index is 0.159. The zero-order valence-electron chi connectivity index (χ0n) is 17.1. The average molecular weight is 388 g/mol. The zero-order valence-corrected chi connectivity index (χ0v) is 17.1. The van der Waals surface area contributed by atoms with Gasteiger partial charge in [0.05, 0.1) is 12.1 Å². The molecule has 154 valence electrons. The number of hydrogen-bond acceptors (Lipinski definition) is 5. The summed E-state index contributed by atoms with van der Waals surface area (Å²) in [6.45, 7) is 4.83. The van der Waals surface area contributed by atoms with Gasteiger partial charge in [-0.1, -0.05) is 6.42 Å². The normalized spacial score (nSPS) is 32.9. The number of fused-ring (bicyclic) bond motifs is 1. The summed E-state index contributed by atoms with van der Waals surface area (Å²) in [5.41, 5.74) is 0. The quantitative estimate of drug-likeness (QED) is 0.809. The largest absolute Gasteiger partial charge is 0.376 e. The summed E-state index contributed by atoms with van der Waals surface area (Å²) in [5.74, 6) is 4.24. The molecule has 4 fully saturated rings. The predicted octanol–water partition coefficient (Wildman–Crippen LogP) is 2.05. The van der Waals surface area contributed by atoms with E-state index < -0.39 is 0 Å². The van der Waals surface area contributed by atoms with Crippen molar-refractivity contribution in [1.29, 1.82) is 0 Å². The van der Waals surface area contributed by atoms with Crippen molar-refractivity contribution in [1.82, 2.24) is 20.1 Å². The zero-order chi connectivity index (χ0) is 19.3. The second-order valence-corrected chi connectivity index (χ2v) is 9.54. The van der Waals surface area contributed by atoms with E-state index in [-0.39, 0.29) is 24.0 Å².